The van der Waals surface area contributed by atoms with E-state index in [9.17, 15) is 0 Å². The van der Waals surface area contributed by atoms with Crippen molar-refractivity contribution in [2.45, 2.75) is 51.1 Å². The fourth-order valence-electron chi connectivity index (χ4n) is 3.95. The summed E-state index contributed by atoms with van der Waals surface area (Å²) >= 11 is 0. The molecule has 2 fully saturated rings. The van der Waals surface area contributed by atoms with E-state index in [-0.39, 0.29) is 5.84 Å². The van der Waals surface area contributed by atoms with Gasteiger partial charge in [0.2, 0.25) is 0 Å². The van der Waals surface area contributed by atoms with Gasteiger partial charge in [0, 0.05) is 18.2 Å². The van der Waals surface area contributed by atoms with E-state index < -0.39 is 0 Å². The number of piperidine rings is 1. The van der Waals surface area contributed by atoms with E-state index in [1.807, 2.05) is 12.1 Å². The van der Waals surface area contributed by atoms with E-state index in [2.05, 4.69) is 17.0 Å². The first kappa shape index (κ1) is 13.6. The molecule has 1 aliphatic heterocycles. The summed E-state index contributed by atoms with van der Waals surface area (Å²) in [5, 5.41) is 7.45. The second kappa shape index (κ2) is 5.96. The van der Waals surface area contributed by atoms with E-state index >= 15 is 0 Å². The van der Waals surface area contributed by atoms with E-state index in [0.29, 0.717) is 0 Å². The number of hydrogen-bond acceptors (Lipinski definition) is 2. The molecule has 1 heterocycles. The fraction of sp³-hybridized carbons (Fsp3) is 0.588. The molecule has 1 aliphatic carbocycles. The van der Waals surface area contributed by atoms with Gasteiger partial charge >= 0.3 is 0 Å². The van der Waals surface area contributed by atoms with Gasteiger partial charge in [0.05, 0.1) is 0 Å². The molecule has 3 heteroatoms. The van der Waals surface area contributed by atoms with Crippen LogP contribution < -0.4 is 5.73 Å². The lowest BCUT2D eigenvalue weighted by Gasteiger charge is -2.44. The van der Waals surface area contributed by atoms with Gasteiger partial charge in [-0.15, -0.1) is 0 Å². The summed E-state index contributed by atoms with van der Waals surface area (Å²) in [6, 6.07) is 9.01. The van der Waals surface area contributed by atoms with Crippen molar-refractivity contribution in [3.05, 3.63) is 35.4 Å². The summed E-state index contributed by atoms with van der Waals surface area (Å²) < 4.78 is 0. The predicted octanol–water partition coefficient (Wildman–Crippen LogP) is 3.13. The van der Waals surface area contributed by atoms with Crippen molar-refractivity contribution in [2.75, 3.05) is 6.54 Å². The number of fused-ring (bicyclic) bond motifs is 1. The van der Waals surface area contributed by atoms with Crippen LogP contribution in [0.2, 0.25) is 0 Å². The lowest BCUT2D eigenvalue weighted by atomic mass is 9.78. The van der Waals surface area contributed by atoms with Crippen LogP contribution in [-0.2, 0) is 6.54 Å². The monoisotopic (exact) mass is 271 g/mol. The molecule has 0 spiro atoms. The molecule has 1 aromatic rings. The lowest BCUT2D eigenvalue weighted by molar-refractivity contribution is 0.0547. The minimum Gasteiger partial charge on any atom is -0.384 e. The Morgan fingerprint density at radius 2 is 1.80 bits per heavy atom. The van der Waals surface area contributed by atoms with Crippen molar-refractivity contribution in [1.29, 1.82) is 5.41 Å². The van der Waals surface area contributed by atoms with Crippen molar-refractivity contribution in [3.63, 3.8) is 0 Å². The van der Waals surface area contributed by atoms with Crippen molar-refractivity contribution in [1.82, 2.24) is 4.90 Å². The SMILES string of the molecule is N=C(N)c1ccc(CN2CCCC3CCCCC32)cc1. The third-order valence-corrected chi connectivity index (χ3v) is 5.01. The molecule has 2 unspecified atom stereocenters. The second-order valence-corrected chi connectivity index (χ2v) is 6.34. The molecule has 1 saturated carbocycles. The summed E-state index contributed by atoms with van der Waals surface area (Å²) in [5.41, 5.74) is 7.68. The highest BCUT2D eigenvalue weighted by Gasteiger charge is 2.32. The Morgan fingerprint density at radius 3 is 2.55 bits per heavy atom. The average molecular weight is 271 g/mol. The molecule has 0 radical (unpaired) electrons. The van der Waals surface area contributed by atoms with Crippen LogP contribution in [0.4, 0.5) is 0 Å². The summed E-state index contributed by atoms with van der Waals surface area (Å²) in [7, 11) is 0. The summed E-state index contributed by atoms with van der Waals surface area (Å²) in [6.07, 6.45) is 8.45. The number of nitrogens with one attached hydrogen (secondary N) is 1. The Kier molecular flexibility index (Phi) is 4.06. The Hall–Kier alpha value is -1.35. The van der Waals surface area contributed by atoms with E-state index in [0.717, 1.165) is 24.1 Å². The molecular formula is C17H25N3. The molecule has 3 rings (SSSR count). The fourth-order valence-corrected chi connectivity index (χ4v) is 3.95. The van der Waals surface area contributed by atoms with Crippen LogP contribution in [0.25, 0.3) is 0 Å². The number of nitrogens with two attached hydrogens (primary N) is 1. The van der Waals surface area contributed by atoms with E-state index in [4.69, 9.17) is 11.1 Å². The molecule has 3 nitrogen and oxygen atoms in total. The number of nitrogen functional groups attached to an aromatic ring is 1. The molecule has 0 aromatic heterocycles. The van der Waals surface area contributed by atoms with Crippen LogP contribution in [0.3, 0.4) is 0 Å². The molecule has 3 N–H and O–H groups in total. The maximum atomic E-state index is 7.45. The highest BCUT2D eigenvalue weighted by atomic mass is 15.2. The molecular weight excluding hydrogens is 246 g/mol. The average Bonchev–Trinajstić information content (AvgIpc) is 2.48. The smallest absolute Gasteiger partial charge is 0.122 e. The number of likely N-dealkylation sites (tertiary alicyclic amines) is 1. The minimum absolute atomic E-state index is 0.155. The maximum Gasteiger partial charge on any atom is 0.122 e. The van der Waals surface area contributed by atoms with Crippen molar-refractivity contribution < 1.29 is 0 Å². The molecule has 0 amide bonds. The summed E-state index contributed by atoms with van der Waals surface area (Å²) in [4.78, 5) is 2.69. The largest absolute Gasteiger partial charge is 0.384 e. The zero-order valence-corrected chi connectivity index (χ0v) is 12.1. The molecule has 1 aromatic carbocycles. The van der Waals surface area contributed by atoms with Crippen LogP contribution >= 0.6 is 0 Å². The number of rotatable bonds is 3. The highest BCUT2D eigenvalue weighted by Crippen LogP contribution is 2.35. The molecule has 2 aliphatic rings. The van der Waals surface area contributed by atoms with Crippen LogP contribution in [-0.4, -0.2) is 23.3 Å². The van der Waals surface area contributed by atoms with Gasteiger partial charge in [-0.1, -0.05) is 37.1 Å². The van der Waals surface area contributed by atoms with Gasteiger partial charge in [0.25, 0.3) is 0 Å². The predicted molar refractivity (Wildman–Crippen MR) is 82.8 cm³/mol. The number of hydrogen-bond donors (Lipinski definition) is 2. The van der Waals surface area contributed by atoms with Gasteiger partial charge in [-0.2, -0.15) is 0 Å². The number of benzene rings is 1. The zero-order chi connectivity index (χ0) is 13.9. The van der Waals surface area contributed by atoms with Gasteiger partial charge in [0.15, 0.2) is 0 Å². The third-order valence-electron chi connectivity index (χ3n) is 5.01. The Labute approximate surface area is 121 Å². The lowest BCUT2D eigenvalue weighted by Crippen LogP contribution is -2.46. The van der Waals surface area contributed by atoms with Crippen LogP contribution in [0.5, 0.6) is 0 Å². The Morgan fingerprint density at radius 1 is 1.10 bits per heavy atom. The van der Waals surface area contributed by atoms with Crippen LogP contribution in [0.15, 0.2) is 24.3 Å². The van der Waals surface area contributed by atoms with Gasteiger partial charge in [-0.25, -0.2) is 0 Å². The first-order chi connectivity index (χ1) is 9.74. The van der Waals surface area contributed by atoms with Gasteiger partial charge in [-0.05, 0) is 43.7 Å². The molecule has 108 valence electrons. The van der Waals surface area contributed by atoms with Gasteiger partial charge < -0.3 is 5.73 Å². The maximum absolute atomic E-state index is 7.45. The zero-order valence-electron chi connectivity index (χ0n) is 12.1. The Balaban J connectivity index is 1.68. The normalized spacial score (nSPS) is 27.0. The van der Waals surface area contributed by atoms with E-state index in [1.54, 1.807) is 0 Å². The van der Waals surface area contributed by atoms with Crippen LogP contribution in [0, 0.1) is 11.3 Å². The second-order valence-electron chi connectivity index (χ2n) is 6.34. The highest BCUT2D eigenvalue weighted by molar-refractivity contribution is 5.94. The van der Waals surface area contributed by atoms with Crippen molar-refractivity contribution in [2.24, 2.45) is 11.7 Å². The molecule has 1 saturated heterocycles. The summed E-state index contributed by atoms with van der Waals surface area (Å²) in [5.74, 6) is 1.09. The minimum atomic E-state index is 0.155. The topological polar surface area (TPSA) is 53.1 Å². The summed E-state index contributed by atoms with van der Waals surface area (Å²) in [6.45, 7) is 2.30. The third kappa shape index (κ3) is 2.88. The standard InChI is InChI=1S/C17H25N3/c18-17(19)15-9-7-13(8-10-15)12-20-11-3-5-14-4-1-2-6-16(14)20/h7-10,14,16H,1-6,11-12H2,(H3,18,19). The molecule has 20 heavy (non-hydrogen) atoms. The first-order valence-corrected chi connectivity index (χ1v) is 7.91. The Bertz CT molecular complexity index is 464. The quantitative estimate of drug-likeness (QED) is 0.655. The molecule has 0 bridgehead atoms. The van der Waals surface area contributed by atoms with Crippen LogP contribution in [0.1, 0.15) is 49.7 Å². The first-order valence-electron chi connectivity index (χ1n) is 7.91. The number of amidine groups is 1. The molecule has 2 atom stereocenters. The number of nitrogens with zero attached hydrogens (tertiary/aromatic N) is 1. The van der Waals surface area contributed by atoms with Crippen molar-refractivity contribution in [3.8, 4) is 0 Å². The van der Waals surface area contributed by atoms with E-state index in [1.165, 1.54) is 50.6 Å². The van der Waals surface area contributed by atoms with Gasteiger partial charge in [-0.3, -0.25) is 10.3 Å². The van der Waals surface area contributed by atoms with Gasteiger partial charge in [0.1, 0.15) is 5.84 Å². The van der Waals surface area contributed by atoms with Crippen molar-refractivity contribution >= 4 is 5.84 Å².